The minimum Gasteiger partial charge on any atom is -0.497 e. The van der Waals surface area contributed by atoms with Gasteiger partial charge in [-0.05, 0) is 60.5 Å². The van der Waals surface area contributed by atoms with Crippen LogP contribution < -0.4 is 14.2 Å². The summed E-state index contributed by atoms with van der Waals surface area (Å²) in [6.45, 7) is 4.07. The zero-order valence-corrected chi connectivity index (χ0v) is 27.6. The number of ether oxygens (including phenoxy) is 3. The molecule has 0 radical (unpaired) electrons. The van der Waals surface area contributed by atoms with E-state index < -0.39 is 0 Å². The number of fused-ring (bicyclic) bond motifs is 3. The number of aryl methyl sites for hydroxylation is 1. The van der Waals surface area contributed by atoms with Crippen molar-refractivity contribution < 1.29 is 14.2 Å². The molecule has 11 nitrogen and oxygen atoms in total. The van der Waals surface area contributed by atoms with Crippen molar-refractivity contribution in [1.29, 1.82) is 0 Å². The molecule has 7 rings (SSSR count). The van der Waals surface area contributed by atoms with Crippen LogP contribution in [0.4, 0.5) is 0 Å². The Kier molecular flexibility index (Phi) is 9.13. The number of benzene rings is 3. The summed E-state index contributed by atoms with van der Waals surface area (Å²) in [4.78, 5) is 4.60. The molecule has 246 valence electrons. The van der Waals surface area contributed by atoms with Crippen molar-refractivity contribution >= 4 is 34.0 Å². The minimum atomic E-state index is 0.298. The SMILES string of the molecule is COc1ccc(/C=C/Cn2cc(COc3ccc4c5ccnc(C)c5n(Cc5cn(C/C=C/c6ccc(OC)cc6)nn5)c4c3)nn2)cc1. The van der Waals surface area contributed by atoms with Crippen LogP contribution >= 0.6 is 0 Å². The van der Waals surface area contributed by atoms with Crippen molar-refractivity contribution in [1.82, 2.24) is 39.5 Å². The molecule has 0 saturated heterocycles. The third kappa shape index (κ3) is 7.20. The third-order valence-electron chi connectivity index (χ3n) is 8.24. The molecule has 0 aliphatic heterocycles. The molecule has 0 bridgehead atoms. The molecule has 4 heterocycles. The van der Waals surface area contributed by atoms with Crippen molar-refractivity contribution in [2.45, 2.75) is 33.2 Å². The maximum absolute atomic E-state index is 6.22. The number of methoxy groups -OCH3 is 2. The van der Waals surface area contributed by atoms with Gasteiger partial charge in [-0.25, -0.2) is 9.36 Å². The standard InChI is InChI=1S/C38H36N8O3/c1-27-38-36(18-19-39-27)35-17-16-34(49-26-31-24-45(43-41-31)21-5-7-29-10-14-33(48-3)15-11-29)22-37(35)46(38)25-30-23-44(42-40-30)20-4-6-28-8-12-32(47-2)13-9-28/h4-19,22-24H,20-21,25-26H2,1-3H3/b6-4+,7-5+. The minimum absolute atomic E-state index is 0.298. The van der Waals surface area contributed by atoms with E-state index in [2.05, 4.69) is 60.5 Å². The summed E-state index contributed by atoms with van der Waals surface area (Å²) in [7, 11) is 3.33. The van der Waals surface area contributed by atoms with Gasteiger partial charge in [0.2, 0.25) is 0 Å². The fraction of sp³-hybridized carbons (Fsp3) is 0.184. The van der Waals surface area contributed by atoms with Crippen molar-refractivity contribution in [3.8, 4) is 17.2 Å². The van der Waals surface area contributed by atoms with E-state index in [-0.39, 0.29) is 0 Å². The Morgan fingerprint density at radius 2 is 1.27 bits per heavy atom. The molecule has 49 heavy (non-hydrogen) atoms. The number of hydrogen-bond acceptors (Lipinski definition) is 8. The average molecular weight is 653 g/mol. The van der Waals surface area contributed by atoms with Gasteiger partial charge >= 0.3 is 0 Å². The van der Waals surface area contributed by atoms with Crippen LogP contribution in [0.2, 0.25) is 0 Å². The Labute approximate surface area is 283 Å². The van der Waals surface area contributed by atoms with Crippen LogP contribution in [0.25, 0.3) is 34.0 Å². The molecule has 0 N–H and O–H groups in total. The average Bonchev–Trinajstić information content (AvgIpc) is 3.86. The van der Waals surface area contributed by atoms with Gasteiger partial charge < -0.3 is 18.8 Å². The summed E-state index contributed by atoms with van der Waals surface area (Å²) in [5, 5.41) is 19.7. The Morgan fingerprint density at radius 3 is 1.90 bits per heavy atom. The van der Waals surface area contributed by atoms with Crippen LogP contribution in [0, 0.1) is 6.92 Å². The molecular weight excluding hydrogens is 616 g/mol. The highest BCUT2D eigenvalue weighted by Crippen LogP contribution is 2.33. The van der Waals surface area contributed by atoms with E-state index in [1.54, 1.807) is 18.9 Å². The van der Waals surface area contributed by atoms with Gasteiger partial charge in [0.1, 0.15) is 35.2 Å². The summed E-state index contributed by atoms with van der Waals surface area (Å²) < 4.78 is 22.6. The first-order valence-corrected chi connectivity index (χ1v) is 16.0. The van der Waals surface area contributed by atoms with Crippen LogP contribution in [-0.4, -0.2) is 53.8 Å². The van der Waals surface area contributed by atoms with Crippen molar-refractivity contribution in [2.75, 3.05) is 14.2 Å². The van der Waals surface area contributed by atoms with E-state index >= 15 is 0 Å². The number of rotatable bonds is 13. The predicted molar refractivity (Wildman–Crippen MR) is 190 cm³/mol. The highest BCUT2D eigenvalue weighted by molar-refractivity contribution is 6.09. The molecule has 0 amide bonds. The topological polar surface area (TPSA) is 107 Å². The lowest BCUT2D eigenvalue weighted by Gasteiger charge is -2.08. The largest absolute Gasteiger partial charge is 0.497 e. The molecule has 0 fully saturated rings. The van der Waals surface area contributed by atoms with Gasteiger partial charge in [-0.15, -0.1) is 10.2 Å². The molecule has 0 saturated carbocycles. The van der Waals surface area contributed by atoms with Crippen molar-refractivity contribution in [3.63, 3.8) is 0 Å². The number of aromatic nitrogens is 8. The summed E-state index contributed by atoms with van der Waals surface area (Å²) >= 11 is 0. The quantitative estimate of drug-likeness (QED) is 0.135. The number of hydrogen-bond donors (Lipinski definition) is 0. The van der Waals surface area contributed by atoms with Gasteiger partial charge in [-0.1, -0.05) is 59.0 Å². The van der Waals surface area contributed by atoms with Gasteiger partial charge in [0.15, 0.2) is 0 Å². The molecule has 7 aromatic rings. The Bertz CT molecular complexity index is 2250. The molecular formula is C38H36N8O3. The van der Waals surface area contributed by atoms with E-state index in [0.717, 1.165) is 67.3 Å². The predicted octanol–water partition coefficient (Wildman–Crippen LogP) is 6.75. The molecule has 0 atom stereocenters. The normalized spacial score (nSPS) is 11.7. The Hall–Kier alpha value is -6.23. The second kappa shape index (κ2) is 14.3. The first-order valence-electron chi connectivity index (χ1n) is 16.0. The summed E-state index contributed by atoms with van der Waals surface area (Å²) in [5.41, 5.74) is 6.82. The zero-order chi connectivity index (χ0) is 33.6. The first kappa shape index (κ1) is 31.4. The van der Waals surface area contributed by atoms with Crippen LogP contribution in [0.15, 0.2) is 104 Å². The van der Waals surface area contributed by atoms with Crippen molar-refractivity contribution in [2.24, 2.45) is 0 Å². The van der Waals surface area contributed by atoms with E-state index in [9.17, 15) is 0 Å². The van der Waals surface area contributed by atoms with E-state index in [1.165, 1.54) is 0 Å². The van der Waals surface area contributed by atoms with E-state index in [1.807, 2.05) is 96.9 Å². The molecule has 0 aliphatic carbocycles. The molecule has 0 aliphatic rings. The molecule has 4 aromatic heterocycles. The molecule has 0 unspecified atom stereocenters. The maximum atomic E-state index is 6.22. The highest BCUT2D eigenvalue weighted by atomic mass is 16.5. The molecule has 11 heteroatoms. The van der Waals surface area contributed by atoms with Crippen LogP contribution in [0.3, 0.4) is 0 Å². The lowest BCUT2D eigenvalue weighted by molar-refractivity contribution is 0.301. The second-order valence-electron chi connectivity index (χ2n) is 11.6. The van der Waals surface area contributed by atoms with Crippen LogP contribution in [0.1, 0.15) is 28.2 Å². The summed E-state index contributed by atoms with van der Waals surface area (Å²) in [6, 6.07) is 24.1. The lowest BCUT2D eigenvalue weighted by atomic mass is 10.1. The monoisotopic (exact) mass is 652 g/mol. The van der Waals surface area contributed by atoms with Gasteiger partial charge in [0, 0.05) is 23.0 Å². The van der Waals surface area contributed by atoms with E-state index in [0.29, 0.717) is 26.2 Å². The van der Waals surface area contributed by atoms with Gasteiger partial charge in [-0.2, -0.15) is 0 Å². The Balaban J connectivity index is 1.04. The number of pyridine rings is 1. The van der Waals surface area contributed by atoms with Gasteiger partial charge in [-0.3, -0.25) is 4.98 Å². The highest BCUT2D eigenvalue weighted by Gasteiger charge is 2.16. The molecule has 3 aromatic carbocycles. The molecule has 0 spiro atoms. The summed E-state index contributed by atoms with van der Waals surface area (Å²) in [5.74, 6) is 2.41. The number of allylic oxidation sites excluding steroid dienone is 2. The zero-order valence-electron chi connectivity index (χ0n) is 27.6. The lowest BCUT2D eigenvalue weighted by Crippen LogP contribution is -2.02. The fourth-order valence-electron chi connectivity index (χ4n) is 5.79. The van der Waals surface area contributed by atoms with Gasteiger partial charge in [0.05, 0.1) is 63.0 Å². The Morgan fingerprint density at radius 1 is 0.673 bits per heavy atom. The van der Waals surface area contributed by atoms with Crippen LogP contribution in [0.5, 0.6) is 17.2 Å². The number of nitrogens with zero attached hydrogens (tertiary/aromatic N) is 8. The van der Waals surface area contributed by atoms with Gasteiger partial charge in [0.25, 0.3) is 0 Å². The maximum Gasteiger partial charge on any atom is 0.134 e. The first-order chi connectivity index (χ1) is 24.1. The van der Waals surface area contributed by atoms with Crippen molar-refractivity contribution in [3.05, 3.63) is 132 Å². The third-order valence-corrected chi connectivity index (χ3v) is 8.24. The van der Waals surface area contributed by atoms with E-state index in [4.69, 9.17) is 14.2 Å². The summed E-state index contributed by atoms with van der Waals surface area (Å²) in [6.07, 6.45) is 14.0. The smallest absolute Gasteiger partial charge is 0.134 e. The fourth-order valence-corrected chi connectivity index (χ4v) is 5.79. The van der Waals surface area contributed by atoms with Crippen LogP contribution in [-0.2, 0) is 26.2 Å². The second-order valence-corrected chi connectivity index (χ2v) is 11.6.